The summed E-state index contributed by atoms with van der Waals surface area (Å²) in [6.45, 7) is 2.11. The van der Waals surface area contributed by atoms with Crippen molar-refractivity contribution in [1.82, 2.24) is 4.98 Å². The Balaban J connectivity index is 2.13. The molecule has 0 radical (unpaired) electrons. The van der Waals surface area contributed by atoms with Gasteiger partial charge in [-0.05, 0) is 12.5 Å². The van der Waals surface area contributed by atoms with Crippen LogP contribution in [0.4, 0.5) is 0 Å². The molecule has 0 N–H and O–H groups in total. The van der Waals surface area contributed by atoms with Gasteiger partial charge in [-0.3, -0.25) is 0 Å². The van der Waals surface area contributed by atoms with E-state index < -0.39 is 0 Å². The van der Waals surface area contributed by atoms with E-state index in [1.54, 1.807) is 11.3 Å². The van der Waals surface area contributed by atoms with Crippen LogP contribution in [0.25, 0.3) is 21.8 Å². The molecule has 1 aromatic heterocycles. The van der Waals surface area contributed by atoms with E-state index in [0.717, 1.165) is 21.1 Å². The van der Waals surface area contributed by atoms with Gasteiger partial charge in [0.2, 0.25) is 0 Å². The first-order valence-corrected chi connectivity index (χ1v) is 7.82. The van der Waals surface area contributed by atoms with E-state index in [1.165, 1.54) is 11.1 Å². The Morgan fingerprint density at radius 2 is 1.70 bits per heavy atom. The van der Waals surface area contributed by atoms with Crippen LogP contribution in [-0.4, -0.2) is 4.98 Å². The molecule has 0 aliphatic heterocycles. The lowest BCUT2D eigenvalue weighted by molar-refractivity contribution is 1.34. The predicted molar refractivity (Wildman–Crippen MR) is 87.3 cm³/mol. The molecule has 2 aromatic carbocycles. The lowest BCUT2D eigenvalue weighted by Gasteiger charge is -2.00. The summed E-state index contributed by atoms with van der Waals surface area (Å²) in [5, 5.41) is 1.04. The molecule has 20 heavy (non-hydrogen) atoms. The van der Waals surface area contributed by atoms with Gasteiger partial charge in [0.15, 0.2) is 0 Å². The molecule has 0 aliphatic rings. The van der Waals surface area contributed by atoms with Gasteiger partial charge in [-0.25, -0.2) is 4.98 Å². The monoisotopic (exact) mass is 299 g/mol. The van der Waals surface area contributed by atoms with Crippen LogP contribution in [0.3, 0.4) is 0 Å². The number of hydrogen-bond donors (Lipinski definition) is 0. The van der Waals surface area contributed by atoms with E-state index >= 15 is 0 Å². The lowest BCUT2D eigenvalue weighted by Crippen LogP contribution is -1.83. The molecule has 0 saturated heterocycles. The van der Waals surface area contributed by atoms with Gasteiger partial charge in [0.1, 0.15) is 5.01 Å². The van der Waals surface area contributed by atoms with Gasteiger partial charge in [-0.15, -0.1) is 22.9 Å². The lowest BCUT2D eigenvalue weighted by atomic mass is 10.1. The zero-order valence-corrected chi connectivity index (χ0v) is 12.7. The SMILES string of the molecule is Cc1ccccc1-c1nc(-c2ccccc2)c(CCl)s1. The summed E-state index contributed by atoms with van der Waals surface area (Å²) in [5.74, 6) is 0.494. The maximum atomic E-state index is 6.09. The molecule has 0 bridgehead atoms. The minimum Gasteiger partial charge on any atom is -0.236 e. The van der Waals surface area contributed by atoms with Crippen LogP contribution >= 0.6 is 22.9 Å². The van der Waals surface area contributed by atoms with Gasteiger partial charge in [0.05, 0.1) is 11.6 Å². The summed E-state index contributed by atoms with van der Waals surface area (Å²) >= 11 is 7.77. The Kier molecular flexibility index (Phi) is 3.86. The number of rotatable bonds is 3. The summed E-state index contributed by atoms with van der Waals surface area (Å²) in [4.78, 5) is 5.94. The first-order chi connectivity index (χ1) is 9.79. The molecule has 0 atom stereocenters. The third kappa shape index (κ3) is 2.49. The van der Waals surface area contributed by atoms with E-state index in [-0.39, 0.29) is 0 Å². The van der Waals surface area contributed by atoms with Crippen molar-refractivity contribution >= 4 is 22.9 Å². The zero-order chi connectivity index (χ0) is 13.9. The van der Waals surface area contributed by atoms with Gasteiger partial charge < -0.3 is 0 Å². The van der Waals surface area contributed by atoms with Crippen LogP contribution < -0.4 is 0 Å². The Labute approximate surface area is 127 Å². The van der Waals surface area contributed by atoms with E-state index in [1.807, 2.05) is 30.3 Å². The molecule has 0 amide bonds. The molecule has 0 saturated carbocycles. The average molecular weight is 300 g/mol. The molecule has 1 nitrogen and oxygen atoms in total. The van der Waals surface area contributed by atoms with E-state index in [9.17, 15) is 0 Å². The highest BCUT2D eigenvalue weighted by Gasteiger charge is 2.14. The normalized spacial score (nSPS) is 10.7. The number of hydrogen-bond acceptors (Lipinski definition) is 2. The molecular formula is C17H14ClNS. The summed E-state index contributed by atoms with van der Waals surface area (Å²) < 4.78 is 0. The molecule has 0 fully saturated rings. The number of nitrogens with zero attached hydrogens (tertiary/aromatic N) is 1. The van der Waals surface area contributed by atoms with Crippen molar-refractivity contribution < 1.29 is 0 Å². The summed E-state index contributed by atoms with van der Waals surface area (Å²) in [5.41, 5.74) is 4.55. The third-order valence-electron chi connectivity index (χ3n) is 3.24. The van der Waals surface area contributed by atoms with Crippen LogP contribution in [0.15, 0.2) is 54.6 Å². The van der Waals surface area contributed by atoms with E-state index in [0.29, 0.717) is 5.88 Å². The molecule has 0 unspecified atom stereocenters. The second-order valence-corrected chi connectivity index (χ2v) is 5.96. The summed E-state index contributed by atoms with van der Waals surface area (Å²) in [6, 6.07) is 18.5. The molecule has 3 rings (SSSR count). The van der Waals surface area contributed by atoms with Crippen LogP contribution in [0, 0.1) is 6.92 Å². The van der Waals surface area contributed by atoms with Crippen molar-refractivity contribution in [3.05, 3.63) is 65.0 Å². The fourth-order valence-electron chi connectivity index (χ4n) is 2.19. The molecule has 0 spiro atoms. The van der Waals surface area contributed by atoms with E-state index in [2.05, 4.69) is 31.2 Å². The maximum absolute atomic E-state index is 6.09. The Bertz CT molecular complexity index is 719. The molecular weight excluding hydrogens is 286 g/mol. The third-order valence-corrected chi connectivity index (χ3v) is 4.76. The van der Waals surface area contributed by atoms with Crippen LogP contribution in [-0.2, 0) is 5.88 Å². The Morgan fingerprint density at radius 3 is 2.40 bits per heavy atom. The number of alkyl halides is 1. The quantitative estimate of drug-likeness (QED) is 0.580. The van der Waals surface area contributed by atoms with E-state index in [4.69, 9.17) is 16.6 Å². The average Bonchev–Trinajstić information content (AvgIpc) is 2.92. The maximum Gasteiger partial charge on any atom is 0.124 e. The number of benzene rings is 2. The van der Waals surface area contributed by atoms with Crippen molar-refractivity contribution in [3.8, 4) is 21.8 Å². The largest absolute Gasteiger partial charge is 0.236 e. The van der Waals surface area contributed by atoms with Crippen molar-refractivity contribution in [3.63, 3.8) is 0 Å². The van der Waals surface area contributed by atoms with Gasteiger partial charge in [0.25, 0.3) is 0 Å². The molecule has 0 aliphatic carbocycles. The minimum atomic E-state index is 0.494. The second kappa shape index (κ2) is 5.78. The summed E-state index contributed by atoms with van der Waals surface area (Å²) in [7, 11) is 0. The van der Waals surface area contributed by atoms with Crippen molar-refractivity contribution in [2.45, 2.75) is 12.8 Å². The topological polar surface area (TPSA) is 12.9 Å². The highest BCUT2D eigenvalue weighted by Crippen LogP contribution is 2.35. The predicted octanol–water partition coefficient (Wildman–Crippen LogP) is 5.52. The first kappa shape index (κ1) is 13.3. The van der Waals surface area contributed by atoms with Gasteiger partial charge in [-0.2, -0.15) is 0 Å². The molecule has 3 aromatic rings. The standard InChI is InChI=1S/C17H14ClNS/c1-12-7-5-6-10-14(12)17-19-16(15(11-18)20-17)13-8-3-2-4-9-13/h2-10H,11H2,1H3. The first-order valence-electron chi connectivity index (χ1n) is 6.46. The van der Waals surface area contributed by atoms with Crippen molar-refractivity contribution in [1.29, 1.82) is 0 Å². The molecule has 100 valence electrons. The number of aromatic nitrogens is 1. The number of aryl methyl sites for hydroxylation is 1. The van der Waals surface area contributed by atoms with Gasteiger partial charge >= 0.3 is 0 Å². The highest BCUT2D eigenvalue weighted by atomic mass is 35.5. The molecule has 3 heteroatoms. The van der Waals surface area contributed by atoms with Crippen LogP contribution in [0.1, 0.15) is 10.4 Å². The number of halogens is 1. The zero-order valence-electron chi connectivity index (χ0n) is 11.1. The number of thiazole rings is 1. The highest BCUT2D eigenvalue weighted by molar-refractivity contribution is 7.15. The Hall–Kier alpha value is -1.64. The molecule has 1 heterocycles. The fourth-order valence-corrected chi connectivity index (χ4v) is 3.51. The minimum absolute atomic E-state index is 0.494. The smallest absolute Gasteiger partial charge is 0.124 e. The Morgan fingerprint density at radius 1 is 1.00 bits per heavy atom. The van der Waals surface area contributed by atoms with Crippen LogP contribution in [0.5, 0.6) is 0 Å². The van der Waals surface area contributed by atoms with Gasteiger partial charge in [-0.1, -0.05) is 54.6 Å². The van der Waals surface area contributed by atoms with Crippen molar-refractivity contribution in [2.24, 2.45) is 0 Å². The second-order valence-electron chi connectivity index (χ2n) is 4.61. The van der Waals surface area contributed by atoms with Gasteiger partial charge in [0, 0.05) is 16.0 Å². The fraction of sp³-hybridized carbons (Fsp3) is 0.118. The van der Waals surface area contributed by atoms with Crippen LogP contribution in [0.2, 0.25) is 0 Å². The van der Waals surface area contributed by atoms with Crippen molar-refractivity contribution in [2.75, 3.05) is 0 Å². The summed E-state index contributed by atoms with van der Waals surface area (Å²) in [6.07, 6.45) is 0.